The topological polar surface area (TPSA) is 171 Å². The molecule has 3 aliphatic heterocycles. The number of esters is 1. The van der Waals surface area contributed by atoms with E-state index in [4.69, 9.17) is 9.47 Å². The largest absolute Gasteiger partial charge is 0.461 e. The van der Waals surface area contributed by atoms with E-state index in [1.165, 1.54) is 11.0 Å². The van der Waals surface area contributed by atoms with Crippen molar-refractivity contribution < 1.29 is 49.1 Å². The van der Waals surface area contributed by atoms with Crippen molar-refractivity contribution in [1.82, 2.24) is 4.90 Å². The van der Waals surface area contributed by atoms with E-state index in [-0.39, 0.29) is 30.1 Å². The van der Waals surface area contributed by atoms with Crippen LogP contribution in [-0.4, -0.2) is 97.7 Å². The van der Waals surface area contributed by atoms with Gasteiger partial charge < -0.3 is 34.8 Å². The van der Waals surface area contributed by atoms with Crippen LogP contribution < -0.4 is 0 Å². The molecule has 0 unspecified atom stereocenters. The maximum Gasteiger partial charge on any atom is 0.329 e. The minimum Gasteiger partial charge on any atom is -0.461 e. The standard InChI is InChI=1S/C37H57NO10/c1-22-11-7-5-6-8-13-28(39)25(4)31-19-15-24(3)37(46,48-31)34(43)35(44)38-20-10-9-12-27(38)36(45)47-30(18-14-22)23(2)21-26-16-17-29(40)33(42)32(26)41/h7-8,11,13,22-27,29-33,40-42,46H,5-6,9-10,12,14-21H2,1-4H3/b11-7-,13-8-/t22-,23-,24-,25+,26+,27+,29-,30+,31+,32+,33+,37-/m1/s1. The van der Waals surface area contributed by atoms with Crippen LogP contribution >= 0.6 is 0 Å². The van der Waals surface area contributed by atoms with Gasteiger partial charge in [0, 0.05) is 18.4 Å². The molecule has 4 aliphatic rings. The van der Waals surface area contributed by atoms with Gasteiger partial charge in [0.25, 0.3) is 11.7 Å². The average Bonchev–Trinajstić information content (AvgIpc) is 3.07. The summed E-state index contributed by atoms with van der Waals surface area (Å²) in [6, 6.07) is -1.02. The van der Waals surface area contributed by atoms with E-state index < -0.39 is 71.8 Å². The normalized spacial score (nSPS) is 41.8. The van der Waals surface area contributed by atoms with Gasteiger partial charge in [-0.2, -0.15) is 0 Å². The molecular formula is C37H57NO10. The molecule has 270 valence electrons. The Bertz CT molecular complexity index is 1200. The maximum absolute atomic E-state index is 13.9. The number of hydrogen-bond acceptors (Lipinski definition) is 10. The van der Waals surface area contributed by atoms with Crippen molar-refractivity contribution in [3.05, 3.63) is 24.3 Å². The van der Waals surface area contributed by atoms with Gasteiger partial charge in [0.1, 0.15) is 18.2 Å². The molecule has 4 rings (SSSR count). The van der Waals surface area contributed by atoms with Crippen LogP contribution in [0.1, 0.15) is 105 Å². The molecule has 1 amide bonds. The molecule has 12 atom stereocenters. The Morgan fingerprint density at radius 1 is 0.896 bits per heavy atom. The van der Waals surface area contributed by atoms with Crippen molar-refractivity contribution in [2.24, 2.45) is 29.6 Å². The summed E-state index contributed by atoms with van der Waals surface area (Å²) in [6.07, 6.45) is 9.22. The molecule has 48 heavy (non-hydrogen) atoms. The molecule has 3 fully saturated rings. The molecule has 1 aliphatic carbocycles. The van der Waals surface area contributed by atoms with Crippen LogP contribution in [0.2, 0.25) is 0 Å². The highest BCUT2D eigenvalue weighted by molar-refractivity contribution is 6.39. The third-order valence-corrected chi connectivity index (χ3v) is 11.2. The van der Waals surface area contributed by atoms with E-state index in [0.29, 0.717) is 70.6 Å². The van der Waals surface area contributed by atoms with Crippen molar-refractivity contribution in [3.63, 3.8) is 0 Å². The summed E-state index contributed by atoms with van der Waals surface area (Å²) in [5, 5.41) is 42.6. The summed E-state index contributed by atoms with van der Waals surface area (Å²) in [6.45, 7) is 7.51. The van der Waals surface area contributed by atoms with Gasteiger partial charge in [-0.3, -0.25) is 14.4 Å². The van der Waals surface area contributed by atoms with Gasteiger partial charge in [-0.1, -0.05) is 45.9 Å². The minimum atomic E-state index is -2.43. The van der Waals surface area contributed by atoms with Gasteiger partial charge in [-0.25, -0.2) is 4.79 Å². The zero-order valence-corrected chi connectivity index (χ0v) is 29.0. The third kappa shape index (κ3) is 9.01. The van der Waals surface area contributed by atoms with Crippen molar-refractivity contribution >= 4 is 23.4 Å². The average molecular weight is 676 g/mol. The predicted molar refractivity (Wildman–Crippen MR) is 177 cm³/mol. The second-order valence-electron chi connectivity index (χ2n) is 14.9. The van der Waals surface area contributed by atoms with Crippen LogP contribution in [-0.2, 0) is 28.7 Å². The van der Waals surface area contributed by atoms with E-state index in [2.05, 4.69) is 19.1 Å². The van der Waals surface area contributed by atoms with Crippen molar-refractivity contribution in [1.29, 1.82) is 0 Å². The highest BCUT2D eigenvalue weighted by Crippen LogP contribution is 2.38. The first kappa shape index (κ1) is 38.4. The molecule has 0 radical (unpaired) electrons. The van der Waals surface area contributed by atoms with E-state index in [1.54, 1.807) is 13.8 Å². The third-order valence-electron chi connectivity index (χ3n) is 11.2. The summed E-state index contributed by atoms with van der Waals surface area (Å²) in [4.78, 5) is 55.7. The van der Waals surface area contributed by atoms with Gasteiger partial charge in [0.15, 0.2) is 5.78 Å². The monoisotopic (exact) mass is 675 g/mol. The summed E-state index contributed by atoms with van der Waals surface area (Å²) < 4.78 is 12.1. The number of hydrogen-bond donors (Lipinski definition) is 4. The van der Waals surface area contributed by atoms with Crippen LogP contribution in [0.4, 0.5) is 0 Å². The molecule has 2 bridgehead atoms. The van der Waals surface area contributed by atoms with Crippen molar-refractivity contribution in [3.8, 4) is 0 Å². The lowest BCUT2D eigenvalue weighted by Gasteiger charge is -2.43. The highest BCUT2D eigenvalue weighted by Gasteiger charge is 2.53. The number of allylic oxidation sites excluding steroid dienone is 4. The summed E-state index contributed by atoms with van der Waals surface area (Å²) >= 11 is 0. The van der Waals surface area contributed by atoms with Crippen molar-refractivity contribution in [2.45, 2.75) is 147 Å². The summed E-state index contributed by atoms with van der Waals surface area (Å²) in [5.74, 6) is -7.02. The number of rotatable bonds is 3. The fourth-order valence-electron chi connectivity index (χ4n) is 7.73. The second kappa shape index (κ2) is 17.0. The van der Waals surface area contributed by atoms with Gasteiger partial charge >= 0.3 is 5.97 Å². The Hall–Kier alpha value is -2.44. The fourth-order valence-corrected chi connectivity index (χ4v) is 7.73. The zero-order valence-electron chi connectivity index (χ0n) is 29.0. The smallest absolute Gasteiger partial charge is 0.329 e. The number of carbonyl (C=O) groups excluding carboxylic acids is 4. The quantitative estimate of drug-likeness (QED) is 0.198. The number of amides is 1. The lowest BCUT2D eigenvalue weighted by Crippen LogP contribution is -2.61. The fraction of sp³-hybridized carbons (Fsp3) is 0.784. The number of carbonyl (C=O) groups is 4. The number of ether oxygens (including phenoxy) is 2. The molecule has 4 N–H and O–H groups in total. The first-order valence-corrected chi connectivity index (χ1v) is 18.1. The van der Waals surface area contributed by atoms with Gasteiger partial charge in [0.05, 0.1) is 18.3 Å². The molecule has 11 heteroatoms. The van der Waals surface area contributed by atoms with Crippen molar-refractivity contribution in [2.75, 3.05) is 6.54 Å². The molecule has 2 saturated heterocycles. The second-order valence-corrected chi connectivity index (χ2v) is 14.9. The summed E-state index contributed by atoms with van der Waals surface area (Å²) in [7, 11) is 0. The lowest BCUT2D eigenvalue weighted by atomic mass is 9.76. The van der Waals surface area contributed by atoms with E-state index in [9.17, 15) is 39.6 Å². The number of piperidine rings is 1. The predicted octanol–water partition coefficient (Wildman–Crippen LogP) is 3.40. The van der Waals surface area contributed by atoms with Crippen LogP contribution in [0.5, 0.6) is 0 Å². The number of ketones is 2. The molecule has 0 aromatic carbocycles. The summed E-state index contributed by atoms with van der Waals surface area (Å²) in [5.41, 5.74) is 0. The Labute approximate surface area is 284 Å². The zero-order chi connectivity index (χ0) is 35.2. The minimum absolute atomic E-state index is 0.147. The van der Waals surface area contributed by atoms with Crippen LogP contribution in [0.15, 0.2) is 24.3 Å². The Morgan fingerprint density at radius 2 is 1.62 bits per heavy atom. The Morgan fingerprint density at radius 3 is 2.38 bits per heavy atom. The van der Waals surface area contributed by atoms with E-state index in [0.717, 1.165) is 6.42 Å². The Kier molecular flexibility index (Phi) is 13.6. The van der Waals surface area contributed by atoms with Gasteiger partial charge in [-0.05, 0) is 101 Å². The first-order valence-electron chi connectivity index (χ1n) is 18.1. The SMILES string of the molecule is C[C@@H]1/C=C\CC/C=C\C(=O)[C@H](C)[C@@H]2CC[C@@H](C)[C@@](O)(O2)C(=O)C(=O)N2CCCC[C@H]2C(=O)O[C@H]([C@H](C)C[C@@H]2CC[C@@H](O)[C@H](O)[C@H]2O)CC1. The number of nitrogens with zero attached hydrogens (tertiary/aromatic N) is 1. The number of fused-ring (bicyclic) bond motifs is 3. The number of cyclic esters (lactones) is 1. The molecule has 0 aromatic heterocycles. The van der Waals surface area contributed by atoms with Crippen LogP contribution in [0, 0.1) is 29.6 Å². The lowest BCUT2D eigenvalue weighted by molar-refractivity contribution is -0.268. The van der Waals surface area contributed by atoms with E-state index in [1.807, 2.05) is 13.0 Å². The van der Waals surface area contributed by atoms with Crippen LogP contribution in [0.3, 0.4) is 0 Å². The molecular weight excluding hydrogens is 618 g/mol. The molecule has 0 spiro atoms. The number of aliphatic hydroxyl groups is 4. The molecule has 1 saturated carbocycles. The molecule has 3 heterocycles. The molecule has 0 aromatic rings. The molecule has 11 nitrogen and oxygen atoms in total. The number of Topliss-reactive ketones (excluding diaryl/α,β-unsaturated/α-hetero) is 1. The van der Waals surface area contributed by atoms with Crippen LogP contribution in [0.25, 0.3) is 0 Å². The maximum atomic E-state index is 13.9. The van der Waals surface area contributed by atoms with Gasteiger partial charge in [0.2, 0.25) is 5.79 Å². The van der Waals surface area contributed by atoms with Gasteiger partial charge in [-0.15, -0.1) is 0 Å². The highest BCUT2D eigenvalue weighted by atomic mass is 16.6. The number of aliphatic hydroxyl groups excluding tert-OH is 3. The first-order chi connectivity index (χ1) is 22.7. The Balaban J connectivity index is 1.60. The van der Waals surface area contributed by atoms with E-state index >= 15 is 0 Å².